The summed E-state index contributed by atoms with van der Waals surface area (Å²) in [5, 5.41) is 2.73. The third-order valence-electron chi connectivity index (χ3n) is 3.34. The van der Waals surface area contributed by atoms with Crippen LogP contribution in [0.2, 0.25) is 0 Å². The third kappa shape index (κ3) is 4.11. The lowest BCUT2D eigenvalue weighted by Crippen LogP contribution is -2.37. The standard InChI is InChI=1S/C15H20N2O4/c1-11-3-4-12(13(9-11)20-2)21-10-15(19)17-7-5-14(18)16-6-8-17/h3-4,9H,5-8,10H2,1-2H3,(H,16,18). The Morgan fingerprint density at radius 1 is 1.33 bits per heavy atom. The number of carbonyl (C=O) groups excluding carboxylic acids is 2. The summed E-state index contributed by atoms with van der Waals surface area (Å²) < 4.78 is 10.8. The van der Waals surface area contributed by atoms with Gasteiger partial charge in [-0.15, -0.1) is 0 Å². The van der Waals surface area contributed by atoms with E-state index in [1.807, 2.05) is 19.1 Å². The van der Waals surface area contributed by atoms with E-state index in [2.05, 4.69) is 5.32 Å². The smallest absolute Gasteiger partial charge is 0.260 e. The fraction of sp³-hybridized carbons (Fsp3) is 0.467. The van der Waals surface area contributed by atoms with Gasteiger partial charge in [0.05, 0.1) is 7.11 Å². The van der Waals surface area contributed by atoms with Crippen LogP contribution in [0.25, 0.3) is 0 Å². The number of rotatable bonds is 4. The van der Waals surface area contributed by atoms with Crippen LogP contribution in [0.15, 0.2) is 18.2 Å². The van der Waals surface area contributed by atoms with E-state index in [0.717, 1.165) is 5.56 Å². The summed E-state index contributed by atoms with van der Waals surface area (Å²) in [5.74, 6) is 0.997. The van der Waals surface area contributed by atoms with Crippen LogP contribution in [-0.2, 0) is 9.59 Å². The zero-order chi connectivity index (χ0) is 15.2. The van der Waals surface area contributed by atoms with Gasteiger partial charge in [-0.1, -0.05) is 6.07 Å². The maximum atomic E-state index is 12.1. The molecule has 21 heavy (non-hydrogen) atoms. The van der Waals surface area contributed by atoms with Crippen LogP contribution >= 0.6 is 0 Å². The van der Waals surface area contributed by atoms with Crippen molar-refractivity contribution in [2.24, 2.45) is 0 Å². The summed E-state index contributed by atoms with van der Waals surface area (Å²) in [5.41, 5.74) is 1.06. The largest absolute Gasteiger partial charge is 0.493 e. The minimum atomic E-state index is -0.130. The van der Waals surface area contributed by atoms with E-state index in [-0.39, 0.29) is 18.4 Å². The number of nitrogens with zero attached hydrogens (tertiary/aromatic N) is 1. The molecule has 1 fully saturated rings. The minimum absolute atomic E-state index is 0.0218. The van der Waals surface area contributed by atoms with Gasteiger partial charge in [0.1, 0.15) is 0 Å². The van der Waals surface area contributed by atoms with Gasteiger partial charge in [-0.05, 0) is 24.6 Å². The first-order valence-electron chi connectivity index (χ1n) is 6.92. The molecule has 1 saturated heterocycles. The molecule has 1 aromatic carbocycles. The highest BCUT2D eigenvalue weighted by atomic mass is 16.5. The van der Waals surface area contributed by atoms with E-state index in [1.54, 1.807) is 18.1 Å². The Balaban J connectivity index is 1.93. The number of methoxy groups -OCH3 is 1. The van der Waals surface area contributed by atoms with Crippen molar-refractivity contribution in [3.63, 3.8) is 0 Å². The Kier molecular flexibility index (Phi) is 5.03. The summed E-state index contributed by atoms with van der Waals surface area (Å²) in [7, 11) is 1.57. The van der Waals surface area contributed by atoms with Gasteiger partial charge in [-0.25, -0.2) is 0 Å². The number of nitrogens with one attached hydrogen (secondary N) is 1. The number of hydrogen-bond acceptors (Lipinski definition) is 4. The molecule has 0 atom stereocenters. The average molecular weight is 292 g/mol. The second-order valence-corrected chi connectivity index (χ2v) is 4.92. The van der Waals surface area contributed by atoms with E-state index >= 15 is 0 Å². The molecule has 2 amide bonds. The Hall–Kier alpha value is -2.24. The molecule has 6 heteroatoms. The second kappa shape index (κ2) is 6.97. The number of amides is 2. The second-order valence-electron chi connectivity index (χ2n) is 4.92. The Bertz CT molecular complexity index is 530. The lowest BCUT2D eigenvalue weighted by atomic mass is 10.2. The summed E-state index contributed by atoms with van der Waals surface area (Å²) in [6, 6.07) is 5.54. The highest BCUT2D eigenvalue weighted by molar-refractivity contribution is 5.81. The van der Waals surface area contributed by atoms with Gasteiger partial charge in [0.15, 0.2) is 18.1 Å². The number of ether oxygens (including phenoxy) is 2. The maximum absolute atomic E-state index is 12.1. The molecule has 1 N–H and O–H groups in total. The molecule has 1 heterocycles. The minimum Gasteiger partial charge on any atom is -0.493 e. The topological polar surface area (TPSA) is 67.9 Å². The van der Waals surface area contributed by atoms with Crippen LogP contribution in [0.4, 0.5) is 0 Å². The average Bonchev–Trinajstić information content (AvgIpc) is 2.70. The molecule has 114 valence electrons. The molecular weight excluding hydrogens is 272 g/mol. The van der Waals surface area contributed by atoms with Crippen LogP contribution in [0, 0.1) is 6.92 Å². The van der Waals surface area contributed by atoms with Crippen molar-refractivity contribution >= 4 is 11.8 Å². The third-order valence-corrected chi connectivity index (χ3v) is 3.34. The fourth-order valence-electron chi connectivity index (χ4n) is 2.14. The molecule has 1 aromatic rings. The fourth-order valence-corrected chi connectivity index (χ4v) is 2.14. The summed E-state index contributed by atoms with van der Waals surface area (Å²) in [6.45, 7) is 3.32. The predicted molar refractivity (Wildman–Crippen MR) is 77.4 cm³/mol. The van der Waals surface area contributed by atoms with E-state index in [4.69, 9.17) is 9.47 Å². The van der Waals surface area contributed by atoms with Crippen LogP contribution in [0.5, 0.6) is 11.5 Å². The molecule has 0 aliphatic carbocycles. The van der Waals surface area contributed by atoms with E-state index in [0.29, 0.717) is 37.6 Å². The van der Waals surface area contributed by atoms with Crippen molar-refractivity contribution in [1.29, 1.82) is 0 Å². The molecule has 1 aliphatic heterocycles. The normalized spacial score (nSPS) is 15.1. The lowest BCUT2D eigenvalue weighted by Gasteiger charge is -2.20. The molecule has 0 saturated carbocycles. The Morgan fingerprint density at radius 3 is 2.90 bits per heavy atom. The number of carbonyl (C=O) groups is 2. The van der Waals surface area contributed by atoms with Crippen molar-refractivity contribution < 1.29 is 19.1 Å². The van der Waals surface area contributed by atoms with Crippen LogP contribution in [0.3, 0.4) is 0 Å². The van der Waals surface area contributed by atoms with Gasteiger partial charge in [0, 0.05) is 26.1 Å². The number of benzene rings is 1. The molecule has 0 radical (unpaired) electrons. The Morgan fingerprint density at radius 2 is 2.14 bits per heavy atom. The van der Waals surface area contributed by atoms with E-state index in [9.17, 15) is 9.59 Å². The van der Waals surface area contributed by atoms with Gasteiger partial charge in [0.25, 0.3) is 5.91 Å². The summed E-state index contributed by atoms with van der Waals surface area (Å²) >= 11 is 0. The van der Waals surface area contributed by atoms with Gasteiger partial charge in [-0.3, -0.25) is 9.59 Å². The van der Waals surface area contributed by atoms with Gasteiger partial charge < -0.3 is 19.7 Å². The van der Waals surface area contributed by atoms with Gasteiger partial charge >= 0.3 is 0 Å². The van der Waals surface area contributed by atoms with Crippen molar-refractivity contribution in [1.82, 2.24) is 10.2 Å². The van der Waals surface area contributed by atoms with Crippen LogP contribution in [-0.4, -0.2) is 50.1 Å². The highest BCUT2D eigenvalue weighted by Gasteiger charge is 2.19. The van der Waals surface area contributed by atoms with Crippen molar-refractivity contribution in [3.8, 4) is 11.5 Å². The molecule has 0 bridgehead atoms. The lowest BCUT2D eigenvalue weighted by molar-refractivity contribution is -0.133. The quantitative estimate of drug-likeness (QED) is 0.888. The zero-order valence-electron chi connectivity index (χ0n) is 12.3. The number of hydrogen-bond donors (Lipinski definition) is 1. The Labute approximate surface area is 124 Å². The van der Waals surface area contributed by atoms with E-state index in [1.165, 1.54) is 0 Å². The number of aryl methyl sites for hydroxylation is 1. The van der Waals surface area contributed by atoms with E-state index < -0.39 is 0 Å². The van der Waals surface area contributed by atoms with Crippen molar-refractivity contribution in [2.75, 3.05) is 33.4 Å². The summed E-state index contributed by atoms with van der Waals surface area (Å²) in [6.07, 6.45) is 0.333. The molecule has 0 unspecified atom stereocenters. The first-order valence-corrected chi connectivity index (χ1v) is 6.92. The molecular formula is C15H20N2O4. The first-order chi connectivity index (χ1) is 10.1. The molecule has 0 spiro atoms. The van der Waals surface area contributed by atoms with Crippen LogP contribution in [0.1, 0.15) is 12.0 Å². The monoisotopic (exact) mass is 292 g/mol. The predicted octanol–water partition coefficient (Wildman–Crippen LogP) is 0.731. The van der Waals surface area contributed by atoms with Crippen molar-refractivity contribution in [2.45, 2.75) is 13.3 Å². The molecule has 1 aliphatic rings. The summed E-state index contributed by atoms with van der Waals surface area (Å²) in [4.78, 5) is 25.0. The molecule has 2 rings (SSSR count). The van der Waals surface area contributed by atoms with Gasteiger partial charge in [0.2, 0.25) is 5.91 Å². The first kappa shape index (κ1) is 15.2. The van der Waals surface area contributed by atoms with Crippen LogP contribution < -0.4 is 14.8 Å². The maximum Gasteiger partial charge on any atom is 0.260 e. The highest BCUT2D eigenvalue weighted by Crippen LogP contribution is 2.27. The van der Waals surface area contributed by atoms with Crippen molar-refractivity contribution in [3.05, 3.63) is 23.8 Å². The molecule has 0 aromatic heterocycles. The SMILES string of the molecule is COc1cc(C)ccc1OCC(=O)N1CCNC(=O)CC1. The zero-order valence-corrected chi connectivity index (χ0v) is 12.3. The van der Waals surface area contributed by atoms with Gasteiger partial charge in [-0.2, -0.15) is 0 Å². The molecule has 6 nitrogen and oxygen atoms in total.